The molecule has 1 heterocycles. The Morgan fingerprint density at radius 3 is 2.59 bits per heavy atom. The van der Waals surface area contributed by atoms with Crippen LogP contribution in [-0.2, 0) is 11.3 Å². The van der Waals surface area contributed by atoms with Gasteiger partial charge in [-0.05, 0) is 31.7 Å². The van der Waals surface area contributed by atoms with Gasteiger partial charge in [-0.15, -0.1) is 0 Å². The Morgan fingerprint density at radius 2 is 1.95 bits per heavy atom. The minimum Gasteiger partial charge on any atom is -0.381 e. The molecule has 0 spiro atoms. The monoisotopic (exact) mass is 309 g/mol. The van der Waals surface area contributed by atoms with Crippen LogP contribution >= 0.6 is 0 Å². The second-order valence-corrected chi connectivity index (χ2v) is 5.38. The first-order valence-electron chi connectivity index (χ1n) is 8.27. The number of ether oxygens (including phenoxy) is 1. The molecule has 0 radical (unpaired) electrons. The lowest BCUT2D eigenvalue weighted by atomic mass is 10.4. The Kier molecular flexibility index (Phi) is 10.1. The number of hydrogen-bond donors (Lipinski definition) is 2. The van der Waals surface area contributed by atoms with E-state index in [4.69, 9.17) is 4.74 Å². The van der Waals surface area contributed by atoms with E-state index in [1.165, 1.54) is 12.0 Å². The molecule has 2 N–H and O–H groups in total. The van der Waals surface area contributed by atoms with Gasteiger partial charge < -0.3 is 15.4 Å². The highest BCUT2D eigenvalue weighted by Crippen LogP contribution is 1.95. The summed E-state index contributed by atoms with van der Waals surface area (Å²) in [6.07, 6.45) is 8.29. The van der Waals surface area contributed by atoms with Crippen LogP contribution in [0.4, 0.5) is 0 Å². The second kappa shape index (κ2) is 12.0. The average molecular weight is 309 g/mol. The van der Waals surface area contributed by atoms with Crippen LogP contribution in [0.2, 0.25) is 0 Å². The lowest BCUT2D eigenvalue weighted by molar-refractivity contribution is 0.129. The number of unbranched alkanes of at least 4 members (excludes halogenated alkanes) is 1. The molecule has 1 rings (SSSR count). The van der Waals surface area contributed by atoms with Crippen LogP contribution in [0.15, 0.2) is 17.4 Å². The third-order valence-electron chi connectivity index (χ3n) is 3.24. The number of guanidine groups is 1. The summed E-state index contributed by atoms with van der Waals surface area (Å²) in [5.74, 6) is 0.852. The van der Waals surface area contributed by atoms with Gasteiger partial charge in [-0.25, -0.2) is 0 Å². The molecule has 0 fully saturated rings. The lowest BCUT2D eigenvalue weighted by Gasteiger charge is -2.12. The summed E-state index contributed by atoms with van der Waals surface area (Å²) in [7, 11) is 1.80. The first-order valence-corrected chi connectivity index (χ1v) is 8.27. The molecule has 6 nitrogen and oxygen atoms in total. The quantitative estimate of drug-likeness (QED) is 0.372. The molecule has 1 aromatic heterocycles. The molecular weight excluding hydrogens is 278 g/mol. The molecule has 1 aromatic rings. The molecule has 22 heavy (non-hydrogen) atoms. The SMILES string of the molecule is CCCCOCCCNC(=NC)NCCCn1cc(C)cn1. The molecule has 126 valence electrons. The maximum atomic E-state index is 5.53. The number of nitrogens with one attached hydrogen (secondary N) is 2. The summed E-state index contributed by atoms with van der Waals surface area (Å²) in [6, 6.07) is 0. The van der Waals surface area contributed by atoms with E-state index in [0.29, 0.717) is 0 Å². The molecule has 0 saturated heterocycles. The standard InChI is InChI=1S/C16H31N5O/c1-4-5-11-22-12-7-9-19-16(17-3)18-8-6-10-21-14-15(2)13-20-21/h13-14H,4-12H2,1-3H3,(H2,17,18,19). The lowest BCUT2D eigenvalue weighted by Crippen LogP contribution is -2.38. The van der Waals surface area contributed by atoms with Crippen LogP contribution in [0.1, 0.15) is 38.2 Å². The zero-order valence-electron chi connectivity index (χ0n) is 14.3. The summed E-state index contributed by atoms with van der Waals surface area (Å²) in [5.41, 5.74) is 1.20. The van der Waals surface area contributed by atoms with E-state index in [1.54, 1.807) is 7.05 Å². The van der Waals surface area contributed by atoms with Crippen molar-refractivity contribution in [1.29, 1.82) is 0 Å². The van der Waals surface area contributed by atoms with Crippen molar-refractivity contribution in [1.82, 2.24) is 20.4 Å². The van der Waals surface area contributed by atoms with Crippen molar-refractivity contribution in [2.75, 3.05) is 33.4 Å². The van der Waals surface area contributed by atoms with Crippen molar-refractivity contribution in [3.63, 3.8) is 0 Å². The molecule has 0 aromatic carbocycles. The Morgan fingerprint density at radius 1 is 1.23 bits per heavy atom. The van der Waals surface area contributed by atoms with Crippen LogP contribution in [0.25, 0.3) is 0 Å². The van der Waals surface area contributed by atoms with Gasteiger partial charge in [-0.2, -0.15) is 5.10 Å². The first-order chi connectivity index (χ1) is 10.8. The van der Waals surface area contributed by atoms with Gasteiger partial charge in [0.15, 0.2) is 5.96 Å². The van der Waals surface area contributed by atoms with Crippen molar-refractivity contribution in [3.05, 3.63) is 18.0 Å². The van der Waals surface area contributed by atoms with Crippen molar-refractivity contribution in [3.8, 4) is 0 Å². The predicted octanol–water partition coefficient (Wildman–Crippen LogP) is 1.95. The predicted molar refractivity (Wildman–Crippen MR) is 91.3 cm³/mol. The van der Waals surface area contributed by atoms with Gasteiger partial charge in [0.2, 0.25) is 0 Å². The number of aromatic nitrogens is 2. The Labute approximate surface area is 134 Å². The van der Waals surface area contributed by atoms with Crippen LogP contribution in [0.5, 0.6) is 0 Å². The number of nitrogens with zero attached hydrogens (tertiary/aromatic N) is 3. The number of hydrogen-bond acceptors (Lipinski definition) is 3. The average Bonchev–Trinajstić information content (AvgIpc) is 2.94. The third-order valence-corrected chi connectivity index (χ3v) is 3.24. The van der Waals surface area contributed by atoms with E-state index in [9.17, 15) is 0 Å². The molecule has 6 heteroatoms. The van der Waals surface area contributed by atoms with Gasteiger partial charge in [-0.1, -0.05) is 13.3 Å². The smallest absolute Gasteiger partial charge is 0.190 e. The summed E-state index contributed by atoms with van der Waals surface area (Å²) in [6.45, 7) is 8.59. The number of rotatable bonds is 11. The summed E-state index contributed by atoms with van der Waals surface area (Å²) in [4.78, 5) is 4.22. The molecule has 0 aliphatic rings. The summed E-state index contributed by atoms with van der Waals surface area (Å²) in [5, 5.41) is 10.9. The van der Waals surface area contributed by atoms with Crippen molar-refractivity contribution in [2.45, 2.75) is 46.1 Å². The minimum atomic E-state index is 0.808. The zero-order valence-corrected chi connectivity index (χ0v) is 14.3. The molecule has 0 aliphatic carbocycles. The highest BCUT2D eigenvalue weighted by atomic mass is 16.5. The number of aliphatic imine (C=N–C) groups is 1. The molecule has 0 aliphatic heterocycles. The Balaban J connectivity index is 2.00. The molecule has 0 amide bonds. The van der Waals surface area contributed by atoms with Gasteiger partial charge in [0, 0.05) is 46.1 Å². The van der Waals surface area contributed by atoms with E-state index < -0.39 is 0 Å². The fourth-order valence-electron chi connectivity index (χ4n) is 1.99. The van der Waals surface area contributed by atoms with Crippen LogP contribution in [0.3, 0.4) is 0 Å². The molecule has 0 unspecified atom stereocenters. The van der Waals surface area contributed by atoms with Crippen LogP contribution < -0.4 is 10.6 Å². The molecule has 0 atom stereocenters. The molecular formula is C16H31N5O. The van der Waals surface area contributed by atoms with Crippen molar-refractivity contribution >= 4 is 5.96 Å². The maximum Gasteiger partial charge on any atom is 0.190 e. The van der Waals surface area contributed by atoms with Gasteiger partial charge in [0.1, 0.15) is 0 Å². The van der Waals surface area contributed by atoms with Crippen molar-refractivity contribution in [2.24, 2.45) is 4.99 Å². The summed E-state index contributed by atoms with van der Waals surface area (Å²) < 4.78 is 7.50. The van der Waals surface area contributed by atoms with Gasteiger partial charge >= 0.3 is 0 Å². The van der Waals surface area contributed by atoms with Crippen molar-refractivity contribution < 1.29 is 4.74 Å². The van der Waals surface area contributed by atoms with Crippen LogP contribution in [0, 0.1) is 6.92 Å². The maximum absolute atomic E-state index is 5.53. The van der Waals surface area contributed by atoms with E-state index in [1.807, 2.05) is 10.9 Å². The number of aryl methyl sites for hydroxylation is 2. The fourth-order valence-corrected chi connectivity index (χ4v) is 1.99. The van der Waals surface area contributed by atoms with E-state index in [0.717, 1.165) is 58.1 Å². The van der Waals surface area contributed by atoms with Gasteiger partial charge in [0.05, 0.1) is 6.20 Å². The highest BCUT2D eigenvalue weighted by Gasteiger charge is 1.98. The summed E-state index contributed by atoms with van der Waals surface area (Å²) >= 11 is 0. The first kappa shape index (κ1) is 18.5. The third kappa shape index (κ3) is 8.67. The van der Waals surface area contributed by atoms with E-state index in [2.05, 4.69) is 40.8 Å². The van der Waals surface area contributed by atoms with Gasteiger partial charge in [0.25, 0.3) is 0 Å². The van der Waals surface area contributed by atoms with Crippen LogP contribution in [-0.4, -0.2) is 49.1 Å². The largest absolute Gasteiger partial charge is 0.381 e. The topological polar surface area (TPSA) is 63.5 Å². The Bertz CT molecular complexity index is 416. The van der Waals surface area contributed by atoms with E-state index >= 15 is 0 Å². The van der Waals surface area contributed by atoms with E-state index in [-0.39, 0.29) is 0 Å². The molecule has 0 bridgehead atoms. The van der Waals surface area contributed by atoms with Gasteiger partial charge in [-0.3, -0.25) is 9.67 Å². The second-order valence-electron chi connectivity index (χ2n) is 5.38. The zero-order chi connectivity index (χ0) is 16.0. The molecule has 0 saturated carbocycles. The Hall–Kier alpha value is -1.56. The fraction of sp³-hybridized carbons (Fsp3) is 0.750. The minimum absolute atomic E-state index is 0.808. The highest BCUT2D eigenvalue weighted by molar-refractivity contribution is 5.79. The normalized spacial score (nSPS) is 11.7.